The van der Waals surface area contributed by atoms with Gasteiger partial charge in [0.15, 0.2) is 0 Å². The molecule has 0 spiro atoms. The minimum Gasteiger partial charge on any atom is -0.477 e. The molecule has 0 radical (unpaired) electrons. The predicted molar refractivity (Wildman–Crippen MR) is 63.4 cm³/mol. The summed E-state index contributed by atoms with van der Waals surface area (Å²) in [6.07, 6.45) is 2.59. The maximum absolute atomic E-state index is 11.0. The van der Waals surface area contributed by atoms with Crippen molar-refractivity contribution in [2.24, 2.45) is 0 Å². The van der Waals surface area contributed by atoms with Crippen molar-refractivity contribution in [3.8, 4) is 0 Å². The molecule has 1 heterocycles. The van der Waals surface area contributed by atoms with Crippen LogP contribution in [0.4, 0.5) is 0 Å². The highest BCUT2D eigenvalue weighted by molar-refractivity contribution is 5.87. The van der Waals surface area contributed by atoms with Gasteiger partial charge in [0, 0.05) is 26.5 Å². The summed E-state index contributed by atoms with van der Waals surface area (Å²) < 4.78 is 11.9. The van der Waals surface area contributed by atoms with Gasteiger partial charge in [-0.1, -0.05) is 0 Å². The first-order valence-electron chi connectivity index (χ1n) is 5.62. The Kier molecular flexibility index (Phi) is 5.72. The molecule has 0 fully saturated rings. The van der Waals surface area contributed by atoms with Crippen LogP contribution in [-0.2, 0) is 16.0 Å². The van der Waals surface area contributed by atoms with Gasteiger partial charge in [-0.15, -0.1) is 0 Å². The molecule has 0 saturated carbocycles. The van der Waals surface area contributed by atoms with Gasteiger partial charge in [0.2, 0.25) is 0 Å². The second-order valence-electron chi connectivity index (χ2n) is 3.80. The van der Waals surface area contributed by atoms with E-state index >= 15 is 0 Å². The molecule has 1 aromatic heterocycles. The maximum atomic E-state index is 11.0. The molecule has 0 aromatic carbocycles. The number of carbonyl (C=O) groups is 1. The zero-order valence-corrected chi connectivity index (χ0v) is 10.3. The predicted octanol–water partition coefficient (Wildman–Crippen LogP) is 1.55. The van der Waals surface area contributed by atoms with Gasteiger partial charge in [0.1, 0.15) is 5.69 Å². The van der Waals surface area contributed by atoms with Crippen molar-refractivity contribution < 1.29 is 19.4 Å². The van der Waals surface area contributed by atoms with Gasteiger partial charge in [-0.3, -0.25) is 0 Å². The minimum absolute atomic E-state index is 0.363. The van der Waals surface area contributed by atoms with E-state index in [4.69, 9.17) is 14.6 Å². The highest BCUT2D eigenvalue weighted by Crippen LogP contribution is 2.10. The van der Waals surface area contributed by atoms with E-state index in [1.807, 2.05) is 6.07 Å². The van der Waals surface area contributed by atoms with Crippen LogP contribution in [0.3, 0.4) is 0 Å². The first-order chi connectivity index (χ1) is 8.16. The van der Waals surface area contributed by atoms with Crippen LogP contribution >= 0.6 is 0 Å². The molecule has 0 aliphatic heterocycles. The minimum atomic E-state index is -0.882. The molecule has 1 N–H and O–H groups in total. The van der Waals surface area contributed by atoms with E-state index in [9.17, 15) is 4.79 Å². The number of carboxylic acid groups (broad SMARTS) is 1. The van der Waals surface area contributed by atoms with Gasteiger partial charge < -0.3 is 19.1 Å². The average Bonchev–Trinajstić information content (AvgIpc) is 2.65. The molecule has 0 unspecified atom stereocenters. The Bertz CT molecular complexity index is 359. The number of aryl methyl sites for hydroxylation is 2. The highest BCUT2D eigenvalue weighted by atomic mass is 16.5. The number of ether oxygens (including phenoxy) is 2. The molecule has 0 aliphatic rings. The van der Waals surface area contributed by atoms with Crippen LogP contribution in [-0.4, -0.2) is 42.6 Å². The average molecular weight is 241 g/mol. The summed E-state index contributed by atoms with van der Waals surface area (Å²) in [7, 11) is 1.63. The summed E-state index contributed by atoms with van der Waals surface area (Å²) in [5, 5.41) is 9.04. The SMILES string of the molecule is COCCOCCCn1ccc(C)c1C(=O)O. The summed E-state index contributed by atoms with van der Waals surface area (Å²) in [5.74, 6) is -0.882. The summed E-state index contributed by atoms with van der Waals surface area (Å²) in [6.45, 7) is 4.23. The summed E-state index contributed by atoms with van der Waals surface area (Å²) in [5.41, 5.74) is 1.15. The molecule has 1 rings (SSSR count). The normalized spacial score (nSPS) is 10.7. The molecule has 0 atom stereocenters. The molecule has 96 valence electrons. The van der Waals surface area contributed by atoms with Crippen molar-refractivity contribution in [3.05, 3.63) is 23.5 Å². The lowest BCUT2D eigenvalue weighted by atomic mass is 10.3. The Balaban J connectivity index is 2.34. The highest BCUT2D eigenvalue weighted by Gasteiger charge is 2.12. The van der Waals surface area contributed by atoms with Crippen molar-refractivity contribution in [2.75, 3.05) is 26.9 Å². The molecule has 1 aromatic rings. The van der Waals surface area contributed by atoms with Crippen LogP contribution in [0, 0.1) is 6.92 Å². The fraction of sp³-hybridized carbons (Fsp3) is 0.583. The second-order valence-corrected chi connectivity index (χ2v) is 3.80. The van der Waals surface area contributed by atoms with Gasteiger partial charge >= 0.3 is 5.97 Å². The first kappa shape index (κ1) is 13.7. The molecule has 0 bridgehead atoms. The van der Waals surface area contributed by atoms with Gasteiger partial charge in [0.25, 0.3) is 0 Å². The Labute approximate surface area is 101 Å². The monoisotopic (exact) mass is 241 g/mol. The van der Waals surface area contributed by atoms with Crippen molar-refractivity contribution >= 4 is 5.97 Å². The fourth-order valence-electron chi connectivity index (χ4n) is 1.64. The smallest absolute Gasteiger partial charge is 0.352 e. The van der Waals surface area contributed by atoms with Crippen LogP contribution in [0.1, 0.15) is 22.5 Å². The van der Waals surface area contributed by atoms with E-state index in [2.05, 4.69) is 0 Å². The van der Waals surface area contributed by atoms with E-state index in [0.717, 1.165) is 12.0 Å². The standard InChI is InChI=1S/C12H19NO4/c1-10-4-6-13(11(10)12(14)15)5-3-7-17-9-8-16-2/h4,6H,3,5,7-9H2,1-2H3,(H,14,15). The number of hydrogen-bond acceptors (Lipinski definition) is 3. The first-order valence-corrected chi connectivity index (χ1v) is 5.62. The van der Waals surface area contributed by atoms with Crippen LogP contribution in [0.15, 0.2) is 12.3 Å². The van der Waals surface area contributed by atoms with E-state index in [1.165, 1.54) is 0 Å². The lowest BCUT2D eigenvalue weighted by molar-refractivity contribution is 0.0656. The maximum Gasteiger partial charge on any atom is 0.352 e. The van der Waals surface area contributed by atoms with Gasteiger partial charge in [-0.25, -0.2) is 4.79 Å². The van der Waals surface area contributed by atoms with Gasteiger partial charge in [0.05, 0.1) is 13.2 Å². The third kappa shape index (κ3) is 4.20. The molecular formula is C12H19NO4. The number of rotatable bonds is 8. The van der Waals surface area contributed by atoms with Crippen molar-refractivity contribution in [3.63, 3.8) is 0 Å². The number of aromatic nitrogens is 1. The Morgan fingerprint density at radius 1 is 1.41 bits per heavy atom. The van der Waals surface area contributed by atoms with Crippen LogP contribution < -0.4 is 0 Å². The number of carboxylic acids is 1. The van der Waals surface area contributed by atoms with E-state index in [1.54, 1.807) is 24.8 Å². The van der Waals surface area contributed by atoms with E-state index in [0.29, 0.717) is 32.1 Å². The molecule has 0 amide bonds. The second kappa shape index (κ2) is 7.09. The third-order valence-corrected chi connectivity index (χ3v) is 2.49. The Morgan fingerprint density at radius 2 is 2.18 bits per heavy atom. The third-order valence-electron chi connectivity index (χ3n) is 2.49. The number of methoxy groups -OCH3 is 1. The Morgan fingerprint density at radius 3 is 2.82 bits per heavy atom. The molecule has 0 saturated heterocycles. The van der Waals surface area contributed by atoms with Crippen LogP contribution in [0.25, 0.3) is 0 Å². The molecule has 5 nitrogen and oxygen atoms in total. The van der Waals surface area contributed by atoms with Crippen molar-refractivity contribution in [1.82, 2.24) is 4.57 Å². The lowest BCUT2D eigenvalue weighted by Gasteiger charge is -2.07. The molecular weight excluding hydrogens is 222 g/mol. The zero-order chi connectivity index (χ0) is 12.7. The number of hydrogen-bond donors (Lipinski definition) is 1. The van der Waals surface area contributed by atoms with Crippen molar-refractivity contribution in [1.29, 1.82) is 0 Å². The van der Waals surface area contributed by atoms with Gasteiger partial charge in [-0.2, -0.15) is 0 Å². The summed E-state index contributed by atoms with van der Waals surface area (Å²) >= 11 is 0. The quantitative estimate of drug-likeness (QED) is 0.701. The van der Waals surface area contributed by atoms with E-state index in [-0.39, 0.29) is 0 Å². The largest absolute Gasteiger partial charge is 0.477 e. The number of nitrogens with zero attached hydrogens (tertiary/aromatic N) is 1. The molecule has 17 heavy (non-hydrogen) atoms. The fourth-order valence-corrected chi connectivity index (χ4v) is 1.64. The topological polar surface area (TPSA) is 60.7 Å². The van der Waals surface area contributed by atoms with E-state index < -0.39 is 5.97 Å². The van der Waals surface area contributed by atoms with Crippen LogP contribution in [0.5, 0.6) is 0 Å². The summed E-state index contributed by atoms with van der Waals surface area (Å²) in [6, 6.07) is 1.81. The van der Waals surface area contributed by atoms with Crippen LogP contribution in [0.2, 0.25) is 0 Å². The molecule has 0 aliphatic carbocycles. The summed E-state index contributed by atoms with van der Waals surface area (Å²) in [4.78, 5) is 11.0. The molecule has 5 heteroatoms. The Hall–Kier alpha value is -1.33. The zero-order valence-electron chi connectivity index (χ0n) is 10.3. The van der Waals surface area contributed by atoms with Gasteiger partial charge in [-0.05, 0) is 25.0 Å². The van der Waals surface area contributed by atoms with Crippen molar-refractivity contribution in [2.45, 2.75) is 19.9 Å². The number of aromatic carboxylic acids is 1. The lowest BCUT2D eigenvalue weighted by Crippen LogP contribution is -2.11.